The number of piperidine rings is 1. The van der Waals surface area contributed by atoms with Crippen molar-refractivity contribution in [1.82, 2.24) is 10.2 Å². The average molecular weight is 305 g/mol. The van der Waals surface area contributed by atoms with E-state index in [1.807, 2.05) is 6.92 Å². The molecule has 2 aliphatic rings. The van der Waals surface area contributed by atoms with Crippen LogP contribution in [0.1, 0.15) is 40.0 Å². The number of rotatable bonds is 3. The van der Waals surface area contributed by atoms with Crippen LogP contribution in [0, 0.1) is 11.8 Å². The SMILES string of the molecule is CC(C)CC1CCCN(C(=O)[C@H]2NCCO[C@@H]2C)C1.Cl. The van der Waals surface area contributed by atoms with Gasteiger partial charge < -0.3 is 15.0 Å². The number of hydrogen-bond acceptors (Lipinski definition) is 3. The summed E-state index contributed by atoms with van der Waals surface area (Å²) < 4.78 is 5.58. The molecule has 2 heterocycles. The molecule has 0 radical (unpaired) electrons. The van der Waals surface area contributed by atoms with E-state index in [4.69, 9.17) is 4.74 Å². The van der Waals surface area contributed by atoms with E-state index in [1.54, 1.807) is 0 Å². The summed E-state index contributed by atoms with van der Waals surface area (Å²) in [7, 11) is 0. The maximum absolute atomic E-state index is 12.6. The van der Waals surface area contributed by atoms with Crippen LogP contribution in [0.3, 0.4) is 0 Å². The van der Waals surface area contributed by atoms with Gasteiger partial charge in [0.15, 0.2) is 0 Å². The largest absolute Gasteiger partial charge is 0.375 e. The Morgan fingerprint density at radius 2 is 2.20 bits per heavy atom. The third kappa shape index (κ3) is 4.61. The lowest BCUT2D eigenvalue weighted by Gasteiger charge is -2.38. The molecule has 0 aromatic rings. The van der Waals surface area contributed by atoms with Crippen molar-refractivity contribution in [1.29, 1.82) is 0 Å². The van der Waals surface area contributed by atoms with E-state index in [0.29, 0.717) is 12.5 Å². The number of nitrogens with zero attached hydrogens (tertiary/aromatic N) is 1. The first-order valence-electron chi connectivity index (χ1n) is 7.71. The molecule has 1 unspecified atom stereocenters. The predicted molar refractivity (Wildman–Crippen MR) is 83.2 cm³/mol. The van der Waals surface area contributed by atoms with E-state index in [2.05, 4.69) is 24.1 Å². The van der Waals surface area contributed by atoms with Gasteiger partial charge in [0, 0.05) is 19.6 Å². The molecule has 0 bridgehead atoms. The van der Waals surface area contributed by atoms with E-state index < -0.39 is 0 Å². The number of morpholine rings is 1. The summed E-state index contributed by atoms with van der Waals surface area (Å²) in [5.74, 6) is 1.63. The van der Waals surface area contributed by atoms with Gasteiger partial charge in [-0.1, -0.05) is 13.8 Å². The molecule has 4 nitrogen and oxygen atoms in total. The minimum absolute atomic E-state index is 0. The molecule has 2 aliphatic heterocycles. The molecular formula is C15H29ClN2O2. The minimum Gasteiger partial charge on any atom is -0.375 e. The van der Waals surface area contributed by atoms with E-state index in [-0.39, 0.29) is 30.5 Å². The summed E-state index contributed by atoms with van der Waals surface area (Å²) in [5, 5.41) is 3.31. The first-order valence-corrected chi connectivity index (χ1v) is 7.71. The molecule has 5 heteroatoms. The standard InChI is InChI=1S/C15H28N2O2.ClH/c1-11(2)9-13-5-4-7-17(10-13)15(18)14-12(3)19-8-6-16-14;/h11-14,16H,4-10H2,1-3H3;1H/t12-,13?,14+;/m1./s1. The summed E-state index contributed by atoms with van der Waals surface area (Å²) in [4.78, 5) is 14.6. The highest BCUT2D eigenvalue weighted by molar-refractivity contribution is 5.85. The van der Waals surface area contributed by atoms with Crippen molar-refractivity contribution < 1.29 is 9.53 Å². The number of halogens is 1. The first-order chi connectivity index (χ1) is 9.08. The van der Waals surface area contributed by atoms with Crippen molar-refractivity contribution in [3.63, 3.8) is 0 Å². The van der Waals surface area contributed by atoms with Gasteiger partial charge in [-0.15, -0.1) is 12.4 Å². The third-order valence-electron chi connectivity index (χ3n) is 4.22. The zero-order chi connectivity index (χ0) is 13.8. The topological polar surface area (TPSA) is 41.6 Å². The van der Waals surface area contributed by atoms with Crippen LogP contribution in [0.15, 0.2) is 0 Å². The molecule has 0 spiro atoms. The lowest BCUT2D eigenvalue weighted by atomic mass is 9.89. The van der Waals surface area contributed by atoms with Crippen molar-refractivity contribution in [2.24, 2.45) is 11.8 Å². The molecule has 0 aromatic heterocycles. The van der Waals surface area contributed by atoms with Gasteiger partial charge >= 0.3 is 0 Å². The summed E-state index contributed by atoms with van der Waals surface area (Å²) in [5.41, 5.74) is 0. The Labute approximate surface area is 129 Å². The smallest absolute Gasteiger partial charge is 0.242 e. The molecule has 0 aliphatic carbocycles. The van der Waals surface area contributed by atoms with E-state index in [1.165, 1.54) is 12.8 Å². The van der Waals surface area contributed by atoms with Crippen LogP contribution in [0.5, 0.6) is 0 Å². The Morgan fingerprint density at radius 3 is 2.85 bits per heavy atom. The molecule has 2 fully saturated rings. The van der Waals surface area contributed by atoms with Gasteiger partial charge in [0.25, 0.3) is 0 Å². The van der Waals surface area contributed by atoms with Crippen LogP contribution in [0.25, 0.3) is 0 Å². The predicted octanol–water partition coefficient (Wildman–Crippen LogP) is 2.07. The van der Waals surface area contributed by atoms with Crippen LogP contribution < -0.4 is 5.32 Å². The van der Waals surface area contributed by atoms with Crippen molar-refractivity contribution in [2.45, 2.75) is 52.2 Å². The number of likely N-dealkylation sites (tertiary alicyclic amines) is 1. The Morgan fingerprint density at radius 1 is 1.45 bits per heavy atom. The molecule has 0 saturated carbocycles. The highest BCUT2D eigenvalue weighted by atomic mass is 35.5. The second-order valence-electron chi connectivity index (χ2n) is 6.43. The van der Waals surface area contributed by atoms with Crippen molar-refractivity contribution in [2.75, 3.05) is 26.2 Å². The molecule has 118 valence electrons. The summed E-state index contributed by atoms with van der Waals surface area (Å²) in [6.07, 6.45) is 3.64. The lowest BCUT2D eigenvalue weighted by Crippen LogP contribution is -2.57. The average Bonchev–Trinajstić information content (AvgIpc) is 2.38. The Kier molecular flexibility index (Phi) is 7.27. The highest BCUT2D eigenvalue weighted by Crippen LogP contribution is 2.24. The van der Waals surface area contributed by atoms with Gasteiger partial charge in [-0.05, 0) is 38.0 Å². The number of ether oxygens (including phenoxy) is 1. The van der Waals surface area contributed by atoms with Gasteiger partial charge in [0.2, 0.25) is 5.91 Å². The Hall–Kier alpha value is -0.320. The van der Waals surface area contributed by atoms with Crippen LogP contribution in [-0.4, -0.2) is 49.2 Å². The van der Waals surface area contributed by atoms with Crippen LogP contribution >= 0.6 is 12.4 Å². The zero-order valence-electron chi connectivity index (χ0n) is 12.9. The summed E-state index contributed by atoms with van der Waals surface area (Å²) in [6, 6.07) is -0.147. The molecule has 3 atom stereocenters. The zero-order valence-corrected chi connectivity index (χ0v) is 13.7. The molecule has 20 heavy (non-hydrogen) atoms. The van der Waals surface area contributed by atoms with Crippen LogP contribution in [-0.2, 0) is 9.53 Å². The number of hydrogen-bond donors (Lipinski definition) is 1. The molecule has 1 N–H and O–H groups in total. The summed E-state index contributed by atoms with van der Waals surface area (Å²) in [6.45, 7) is 9.86. The fourth-order valence-electron chi connectivity index (χ4n) is 3.33. The van der Waals surface area contributed by atoms with E-state index in [0.717, 1.165) is 32.0 Å². The number of carbonyl (C=O) groups excluding carboxylic acids is 1. The van der Waals surface area contributed by atoms with Gasteiger partial charge in [-0.2, -0.15) is 0 Å². The van der Waals surface area contributed by atoms with Crippen molar-refractivity contribution in [3.8, 4) is 0 Å². The third-order valence-corrected chi connectivity index (χ3v) is 4.22. The molecule has 1 amide bonds. The maximum atomic E-state index is 12.6. The van der Waals surface area contributed by atoms with Crippen molar-refractivity contribution >= 4 is 18.3 Å². The number of nitrogens with one attached hydrogen (secondary N) is 1. The molecule has 2 rings (SSSR count). The normalized spacial score (nSPS) is 31.0. The monoisotopic (exact) mass is 304 g/mol. The van der Waals surface area contributed by atoms with Gasteiger partial charge in [0.1, 0.15) is 6.04 Å². The first kappa shape index (κ1) is 17.7. The van der Waals surface area contributed by atoms with Gasteiger partial charge in [0.05, 0.1) is 12.7 Å². The molecule has 2 saturated heterocycles. The van der Waals surface area contributed by atoms with E-state index in [9.17, 15) is 4.79 Å². The second-order valence-corrected chi connectivity index (χ2v) is 6.43. The van der Waals surface area contributed by atoms with Gasteiger partial charge in [-0.3, -0.25) is 4.79 Å². The summed E-state index contributed by atoms with van der Waals surface area (Å²) >= 11 is 0. The molecular weight excluding hydrogens is 276 g/mol. The Bertz CT molecular complexity index is 312. The quantitative estimate of drug-likeness (QED) is 0.868. The molecule has 0 aromatic carbocycles. The fourth-order valence-corrected chi connectivity index (χ4v) is 3.33. The second kappa shape index (κ2) is 8.20. The van der Waals surface area contributed by atoms with Crippen LogP contribution in [0.2, 0.25) is 0 Å². The lowest BCUT2D eigenvalue weighted by molar-refractivity contribution is -0.141. The highest BCUT2D eigenvalue weighted by Gasteiger charge is 2.33. The van der Waals surface area contributed by atoms with Gasteiger partial charge in [-0.25, -0.2) is 0 Å². The van der Waals surface area contributed by atoms with Crippen molar-refractivity contribution in [3.05, 3.63) is 0 Å². The number of amides is 1. The fraction of sp³-hybridized carbons (Fsp3) is 0.933. The number of carbonyl (C=O) groups is 1. The van der Waals surface area contributed by atoms with E-state index >= 15 is 0 Å². The Balaban J connectivity index is 0.00000200. The maximum Gasteiger partial charge on any atom is 0.242 e. The van der Waals surface area contributed by atoms with Crippen LogP contribution in [0.4, 0.5) is 0 Å². The minimum atomic E-state index is -0.147.